The largest absolute Gasteiger partial charge is 0.356 e. The van der Waals surface area contributed by atoms with Gasteiger partial charge < -0.3 is 11.1 Å². The van der Waals surface area contributed by atoms with Crippen LogP contribution in [0.4, 0.5) is 0 Å². The van der Waals surface area contributed by atoms with Gasteiger partial charge in [0.05, 0.1) is 6.42 Å². The Kier molecular flexibility index (Phi) is 4.06. The van der Waals surface area contributed by atoms with Gasteiger partial charge in [0.2, 0.25) is 5.91 Å². The number of nitrogens with two attached hydrogens (primary N) is 1. The summed E-state index contributed by atoms with van der Waals surface area (Å²) in [6.07, 6.45) is 2.54. The second-order valence-corrected chi connectivity index (χ2v) is 4.40. The molecule has 7 nitrogen and oxygen atoms in total. The molecule has 0 atom stereocenters. The van der Waals surface area contributed by atoms with Crippen LogP contribution in [0.1, 0.15) is 23.4 Å². The Labute approximate surface area is 111 Å². The van der Waals surface area contributed by atoms with Crippen molar-refractivity contribution >= 4 is 11.7 Å². The van der Waals surface area contributed by atoms with E-state index < -0.39 is 0 Å². The first-order valence-electron chi connectivity index (χ1n) is 6.26. The summed E-state index contributed by atoms with van der Waals surface area (Å²) < 4.78 is 1.65. The summed E-state index contributed by atoms with van der Waals surface area (Å²) >= 11 is 0. The van der Waals surface area contributed by atoms with Crippen LogP contribution in [0.5, 0.6) is 0 Å². The molecule has 19 heavy (non-hydrogen) atoms. The lowest BCUT2D eigenvalue weighted by Gasteiger charge is -2.10. The van der Waals surface area contributed by atoms with E-state index in [-0.39, 0.29) is 5.91 Å². The van der Waals surface area contributed by atoms with Crippen LogP contribution < -0.4 is 11.1 Å². The zero-order chi connectivity index (χ0) is 13.8. The molecule has 2 rings (SSSR count). The number of carbonyl (C=O) groups is 1. The average molecular weight is 262 g/mol. The van der Waals surface area contributed by atoms with Crippen molar-refractivity contribution in [2.24, 2.45) is 5.73 Å². The van der Waals surface area contributed by atoms with Crippen molar-refractivity contribution in [3.8, 4) is 0 Å². The molecular formula is C12H18N6O. The Bertz CT molecular complexity index is 591. The fraction of sp³-hybridized carbons (Fsp3) is 0.500. The molecule has 0 saturated carbocycles. The second-order valence-electron chi connectivity index (χ2n) is 4.40. The van der Waals surface area contributed by atoms with E-state index in [1.165, 1.54) is 6.33 Å². The normalized spacial score (nSPS) is 10.9. The number of hydrogen-bond acceptors (Lipinski definition) is 5. The van der Waals surface area contributed by atoms with Crippen molar-refractivity contribution in [1.82, 2.24) is 24.9 Å². The number of aryl methyl sites for hydroxylation is 2. The maximum absolute atomic E-state index is 11.8. The van der Waals surface area contributed by atoms with Crippen LogP contribution in [0.15, 0.2) is 6.33 Å². The predicted octanol–water partition coefficient (Wildman–Crippen LogP) is -0.251. The van der Waals surface area contributed by atoms with E-state index in [1.54, 1.807) is 4.52 Å². The molecule has 102 valence electrons. The molecule has 7 heteroatoms. The average Bonchev–Trinajstić information content (AvgIpc) is 2.83. The van der Waals surface area contributed by atoms with Crippen LogP contribution in [0.25, 0.3) is 5.78 Å². The zero-order valence-corrected chi connectivity index (χ0v) is 11.2. The first-order valence-corrected chi connectivity index (χ1v) is 6.26. The van der Waals surface area contributed by atoms with Gasteiger partial charge >= 0.3 is 0 Å². The first-order chi connectivity index (χ1) is 9.13. The fourth-order valence-electron chi connectivity index (χ4n) is 1.96. The number of fused-ring (bicyclic) bond motifs is 1. The Hall–Kier alpha value is -2.02. The van der Waals surface area contributed by atoms with Gasteiger partial charge in [-0.2, -0.15) is 10.1 Å². The van der Waals surface area contributed by atoms with E-state index in [0.717, 1.165) is 23.4 Å². The number of nitrogens with zero attached hydrogens (tertiary/aromatic N) is 4. The van der Waals surface area contributed by atoms with Crippen LogP contribution in [0, 0.1) is 13.8 Å². The van der Waals surface area contributed by atoms with Gasteiger partial charge in [0.1, 0.15) is 6.33 Å². The molecule has 2 heterocycles. The van der Waals surface area contributed by atoms with Gasteiger partial charge in [-0.1, -0.05) is 0 Å². The van der Waals surface area contributed by atoms with Crippen molar-refractivity contribution < 1.29 is 4.79 Å². The molecule has 1 amide bonds. The molecule has 0 saturated heterocycles. The number of rotatable bonds is 5. The highest BCUT2D eigenvalue weighted by molar-refractivity contribution is 5.79. The standard InChI is InChI=1S/C12H18N6O/c1-8-10(6-11(19)14-5-3-4-13)9(2)18-12(17-8)15-7-16-18/h7H,3-6,13H2,1-2H3,(H,14,19). The van der Waals surface area contributed by atoms with Crippen molar-refractivity contribution in [2.45, 2.75) is 26.7 Å². The van der Waals surface area contributed by atoms with Crippen LogP contribution in [-0.4, -0.2) is 38.6 Å². The third-order valence-corrected chi connectivity index (χ3v) is 3.03. The number of amides is 1. The van der Waals surface area contributed by atoms with Crippen molar-refractivity contribution in [3.63, 3.8) is 0 Å². The molecule has 0 aromatic carbocycles. The van der Waals surface area contributed by atoms with Crippen LogP contribution in [0.3, 0.4) is 0 Å². The van der Waals surface area contributed by atoms with Gasteiger partial charge in [0, 0.05) is 23.5 Å². The maximum atomic E-state index is 11.8. The summed E-state index contributed by atoms with van der Waals surface area (Å²) in [5.41, 5.74) is 7.99. The van der Waals surface area contributed by atoms with Gasteiger partial charge in [-0.15, -0.1) is 0 Å². The molecule has 3 N–H and O–H groups in total. The molecule has 0 radical (unpaired) electrons. The molecule has 2 aromatic rings. The van der Waals surface area contributed by atoms with Gasteiger partial charge in [0.15, 0.2) is 0 Å². The first kappa shape index (κ1) is 13.4. The van der Waals surface area contributed by atoms with Crippen LogP contribution >= 0.6 is 0 Å². The SMILES string of the molecule is Cc1nc2ncnn2c(C)c1CC(=O)NCCCN. The molecule has 0 bridgehead atoms. The van der Waals surface area contributed by atoms with E-state index in [1.807, 2.05) is 13.8 Å². The summed E-state index contributed by atoms with van der Waals surface area (Å²) in [6.45, 7) is 4.97. The topological polar surface area (TPSA) is 98.2 Å². The van der Waals surface area contributed by atoms with Crippen molar-refractivity contribution in [2.75, 3.05) is 13.1 Å². The Morgan fingerprint density at radius 3 is 3.00 bits per heavy atom. The molecule has 0 aliphatic carbocycles. The Balaban J connectivity index is 2.17. The summed E-state index contributed by atoms with van der Waals surface area (Å²) in [7, 11) is 0. The highest BCUT2D eigenvalue weighted by Gasteiger charge is 2.13. The molecule has 0 aliphatic heterocycles. The smallest absolute Gasteiger partial charge is 0.252 e. The summed E-state index contributed by atoms with van der Waals surface area (Å²) in [5.74, 6) is 0.531. The number of hydrogen-bond donors (Lipinski definition) is 2. The summed E-state index contributed by atoms with van der Waals surface area (Å²) in [5, 5.41) is 6.93. The predicted molar refractivity (Wildman–Crippen MR) is 70.6 cm³/mol. The lowest BCUT2D eigenvalue weighted by molar-refractivity contribution is -0.120. The third kappa shape index (κ3) is 2.87. The van der Waals surface area contributed by atoms with Gasteiger partial charge in [0.25, 0.3) is 5.78 Å². The molecule has 0 fully saturated rings. The van der Waals surface area contributed by atoms with Gasteiger partial charge in [-0.25, -0.2) is 9.50 Å². The van der Waals surface area contributed by atoms with E-state index in [0.29, 0.717) is 25.3 Å². The minimum Gasteiger partial charge on any atom is -0.356 e. The Morgan fingerprint density at radius 2 is 2.26 bits per heavy atom. The molecule has 0 spiro atoms. The van der Waals surface area contributed by atoms with E-state index in [2.05, 4.69) is 20.4 Å². The van der Waals surface area contributed by atoms with Crippen LogP contribution in [-0.2, 0) is 11.2 Å². The number of aromatic nitrogens is 4. The fourth-order valence-corrected chi connectivity index (χ4v) is 1.96. The maximum Gasteiger partial charge on any atom is 0.252 e. The molecular weight excluding hydrogens is 244 g/mol. The minimum absolute atomic E-state index is 0.0269. The highest BCUT2D eigenvalue weighted by atomic mass is 16.1. The zero-order valence-electron chi connectivity index (χ0n) is 11.2. The number of carbonyl (C=O) groups excluding carboxylic acids is 1. The van der Waals surface area contributed by atoms with Crippen molar-refractivity contribution in [1.29, 1.82) is 0 Å². The lowest BCUT2D eigenvalue weighted by Crippen LogP contribution is -2.28. The quantitative estimate of drug-likeness (QED) is 0.724. The molecule has 2 aromatic heterocycles. The van der Waals surface area contributed by atoms with E-state index in [4.69, 9.17) is 5.73 Å². The second kappa shape index (κ2) is 5.75. The van der Waals surface area contributed by atoms with Crippen molar-refractivity contribution in [3.05, 3.63) is 23.3 Å². The van der Waals surface area contributed by atoms with Gasteiger partial charge in [-0.05, 0) is 26.8 Å². The summed E-state index contributed by atoms with van der Waals surface area (Å²) in [4.78, 5) is 20.2. The summed E-state index contributed by atoms with van der Waals surface area (Å²) in [6, 6.07) is 0. The lowest BCUT2D eigenvalue weighted by atomic mass is 10.1. The van der Waals surface area contributed by atoms with E-state index >= 15 is 0 Å². The van der Waals surface area contributed by atoms with Crippen LogP contribution in [0.2, 0.25) is 0 Å². The molecule has 0 unspecified atom stereocenters. The molecule has 0 aliphatic rings. The van der Waals surface area contributed by atoms with E-state index in [9.17, 15) is 4.79 Å². The monoisotopic (exact) mass is 262 g/mol. The number of nitrogens with one attached hydrogen (secondary N) is 1. The Morgan fingerprint density at radius 1 is 1.47 bits per heavy atom. The van der Waals surface area contributed by atoms with Gasteiger partial charge in [-0.3, -0.25) is 4.79 Å². The minimum atomic E-state index is -0.0269. The highest BCUT2D eigenvalue weighted by Crippen LogP contribution is 2.13. The third-order valence-electron chi connectivity index (χ3n) is 3.03.